The normalized spacial score (nSPS) is 11.2. The predicted octanol–water partition coefficient (Wildman–Crippen LogP) is 4.60. The van der Waals surface area contributed by atoms with Gasteiger partial charge in [0.15, 0.2) is 5.13 Å². The summed E-state index contributed by atoms with van der Waals surface area (Å²) in [4.78, 5) is 10.7. The molecule has 0 amide bonds. The molecule has 3 nitrogen and oxygen atoms in total. The number of hydrogen-bond donors (Lipinski definition) is 1. The molecule has 0 unspecified atom stereocenters. The van der Waals surface area contributed by atoms with E-state index >= 15 is 0 Å². The summed E-state index contributed by atoms with van der Waals surface area (Å²) in [6.45, 7) is 8.61. The van der Waals surface area contributed by atoms with Gasteiger partial charge in [-0.3, -0.25) is 0 Å². The molecule has 19 heavy (non-hydrogen) atoms. The fourth-order valence-electron chi connectivity index (χ4n) is 1.85. The fraction of sp³-hybridized carbons (Fsp3) is 0.571. The Morgan fingerprint density at radius 1 is 1.26 bits per heavy atom. The molecule has 2 rings (SSSR count). The summed E-state index contributed by atoms with van der Waals surface area (Å²) < 4.78 is 0. The first-order chi connectivity index (χ1) is 9.13. The molecule has 1 N–H and O–H groups in total. The highest BCUT2D eigenvalue weighted by atomic mass is 32.1. The molecular weight excluding hydrogens is 274 g/mol. The Labute approximate surface area is 123 Å². The first-order valence-electron chi connectivity index (χ1n) is 6.85. The lowest BCUT2D eigenvalue weighted by molar-refractivity contribution is 0.893. The Kier molecular flexibility index (Phi) is 4.93. The molecule has 2 aromatic heterocycles. The summed E-state index contributed by atoms with van der Waals surface area (Å²) in [7, 11) is 0. The van der Waals surface area contributed by atoms with Gasteiger partial charge >= 0.3 is 0 Å². The predicted molar refractivity (Wildman–Crippen MR) is 85.4 cm³/mol. The minimum Gasteiger partial charge on any atom is -0.359 e. The van der Waals surface area contributed by atoms with Crippen LogP contribution in [0.1, 0.15) is 44.8 Å². The Balaban J connectivity index is 2.27. The summed E-state index contributed by atoms with van der Waals surface area (Å²) >= 11 is 3.47. The number of rotatable bonds is 6. The molecule has 2 heterocycles. The van der Waals surface area contributed by atoms with Crippen molar-refractivity contribution in [3.05, 3.63) is 16.1 Å². The number of nitrogens with one attached hydrogen (secondary N) is 1. The lowest BCUT2D eigenvalue weighted by Crippen LogP contribution is -2.08. The second-order valence-corrected chi connectivity index (χ2v) is 6.77. The molecule has 5 heteroatoms. The van der Waals surface area contributed by atoms with Gasteiger partial charge in [-0.1, -0.05) is 13.8 Å². The van der Waals surface area contributed by atoms with Crippen molar-refractivity contribution in [2.24, 2.45) is 0 Å². The van der Waals surface area contributed by atoms with Crippen LogP contribution in [-0.2, 0) is 12.8 Å². The summed E-state index contributed by atoms with van der Waals surface area (Å²) in [5.41, 5.74) is 2.26. The summed E-state index contributed by atoms with van der Waals surface area (Å²) in [6.07, 6.45) is 3.19. The van der Waals surface area contributed by atoms with Crippen LogP contribution in [0.5, 0.6) is 0 Å². The van der Waals surface area contributed by atoms with Crippen molar-refractivity contribution in [1.29, 1.82) is 0 Å². The van der Waals surface area contributed by atoms with Gasteiger partial charge in [-0.2, -0.15) is 0 Å². The number of hydrogen-bond acceptors (Lipinski definition) is 5. The molecule has 0 fully saturated rings. The third kappa shape index (κ3) is 3.54. The topological polar surface area (TPSA) is 37.8 Å². The van der Waals surface area contributed by atoms with E-state index < -0.39 is 0 Å². The highest BCUT2D eigenvalue weighted by Gasteiger charge is 2.14. The smallest absolute Gasteiger partial charge is 0.183 e. The summed E-state index contributed by atoms with van der Waals surface area (Å²) in [6, 6.07) is 0.418. The van der Waals surface area contributed by atoms with Crippen LogP contribution in [0.3, 0.4) is 0 Å². The van der Waals surface area contributed by atoms with E-state index in [9.17, 15) is 0 Å². The van der Waals surface area contributed by atoms with Crippen molar-refractivity contribution in [2.75, 3.05) is 5.32 Å². The molecule has 0 saturated carbocycles. The van der Waals surface area contributed by atoms with Crippen LogP contribution in [0.2, 0.25) is 0 Å². The van der Waals surface area contributed by atoms with E-state index in [0.717, 1.165) is 30.1 Å². The van der Waals surface area contributed by atoms with Crippen molar-refractivity contribution in [3.8, 4) is 10.6 Å². The molecular formula is C14H21N3S2. The molecule has 0 atom stereocenters. The monoisotopic (exact) mass is 295 g/mol. The standard InChI is InChI=1S/C14H21N3S2/c1-5-7-12-16-10(6-2)13(19-12)11-8-18-14(17-11)15-9(3)4/h8-9H,5-7H2,1-4H3,(H,15,17). The molecule has 0 radical (unpaired) electrons. The molecule has 0 aliphatic heterocycles. The van der Waals surface area contributed by atoms with Crippen LogP contribution < -0.4 is 5.32 Å². The SMILES string of the molecule is CCCc1nc(CC)c(-c2csc(NC(C)C)n2)s1. The van der Waals surface area contributed by atoms with Crippen molar-refractivity contribution >= 4 is 27.8 Å². The van der Waals surface area contributed by atoms with Gasteiger partial charge < -0.3 is 5.32 Å². The second-order valence-electron chi connectivity index (χ2n) is 4.82. The van der Waals surface area contributed by atoms with E-state index in [0.29, 0.717) is 6.04 Å². The molecule has 0 bridgehead atoms. The Hall–Kier alpha value is -0.940. The van der Waals surface area contributed by atoms with Crippen molar-refractivity contribution in [3.63, 3.8) is 0 Å². The number of nitrogens with zero attached hydrogens (tertiary/aromatic N) is 2. The molecule has 104 valence electrons. The van der Waals surface area contributed by atoms with Crippen molar-refractivity contribution in [2.45, 2.75) is 53.0 Å². The largest absolute Gasteiger partial charge is 0.359 e. The lowest BCUT2D eigenvalue weighted by atomic mass is 10.2. The second kappa shape index (κ2) is 6.48. The third-order valence-corrected chi connectivity index (χ3v) is 4.64. The van der Waals surface area contributed by atoms with E-state index in [4.69, 9.17) is 4.98 Å². The Morgan fingerprint density at radius 2 is 2.05 bits per heavy atom. The molecule has 0 aromatic carbocycles. The van der Waals surface area contributed by atoms with Crippen molar-refractivity contribution in [1.82, 2.24) is 9.97 Å². The van der Waals surface area contributed by atoms with Gasteiger partial charge in [0.2, 0.25) is 0 Å². The number of aromatic nitrogens is 2. The average molecular weight is 295 g/mol. The number of thiazole rings is 2. The van der Waals surface area contributed by atoms with Crippen molar-refractivity contribution < 1.29 is 0 Å². The van der Waals surface area contributed by atoms with E-state index in [1.54, 1.807) is 22.7 Å². The van der Waals surface area contributed by atoms with E-state index in [1.165, 1.54) is 15.6 Å². The van der Waals surface area contributed by atoms with Crippen LogP contribution in [-0.4, -0.2) is 16.0 Å². The van der Waals surface area contributed by atoms with Crippen LogP contribution in [0.4, 0.5) is 5.13 Å². The minimum atomic E-state index is 0.418. The Morgan fingerprint density at radius 3 is 2.68 bits per heavy atom. The summed E-state index contributed by atoms with van der Waals surface area (Å²) in [5.74, 6) is 0. The van der Waals surface area contributed by atoms with Gasteiger partial charge in [0.1, 0.15) is 0 Å². The number of aryl methyl sites for hydroxylation is 2. The van der Waals surface area contributed by atoms with Gasteiger partial charge in [-0.05, 0) is 33.1 Å². The van der Waals surface area contributed by atoms with Crippen LogP contribution in [0.25, 0.3) is 10.6 Å². The zero-order valence-electron chi connectivity index (χ0n) is 12.0. The van der Waals surface area contributed by atoms with Gasteiger partial charge in [0.05, 0.1) is 21.3 Å². The maximum Gasteiger partial charge on any atom is 0.183 e. The quantitative estimate of drug-likeness (QED) is 0.846. The lowest BCUT2D eigenvalue weighted by Gasteiger charge is -2.04. The van der Waals surface area contributed by atoms with Gasteiger partial charge in [0.25, 0.3) is 0 Å². The third-order valence-electron chi connectivity index (χ3n) is 2.69. The minimum absolute atomic E-state index is 0.418. The van der Waals surface area contributed by atoms with E-state index in [2.05, 4.69) is 43.4 Å². The van der Waals surface area contributed by atoms with E-state index in [1.807, 2.05) is 0 Å². The van der Waals surface area contributed by atoms with Crippen LogP contribution in [0.15, 0.2) is 5.38 Å². The average Bonchev–Trinajstić information content (AvgIpc) is 2.95. The van der Waals surface area contributed by atoms with Crippen LogP contribution in [0, 0.1) is 0 Å². The molecule has 0 saturated heterocycles. The summed E-state index contributed by atoms with van der Waals surface area (Å²) in [5, 5.41) is 7.72. The first-order valence-corrected chi connectivity index (χ1v) is 8.54. The highest BCUT2D eigenvalue weighted by Crippen LogP contribution is 2.33. The zero-order valence-corrected chi connectivity index (χ0v) is 13.6. The number of anilines is 1. The molecule has 0 aliphatic rings. The zero-order chi connectivity index (χ0) is 13.8. The maximum absolute atomic E-state index is 4.73. The maximum atomic E-state index is 4.73. The first kappa shape index (κ1) is 14.5. The Bertz CT molecular complexity index is 529. The fourth-order valence-corrected chi connectivity index (χ4v) is 3.99. The molecule has 0 aliphatic carbocycles. The van der Waals surface area contributed by atoms with Gasteiger partial charge in [-0.15, -0.1) is 22.7 Å². The van der Waals surface area contributed by atoms with Gasteiger partial charge in [0, 0.05) is 11.4 Å². The van der Waals surface area contributed by atoms with Crippen LogP contribution >= 0.6 is 22.7 Å². The molecule has 0 spiro atoms. The van der Waals surface area contributed by atoms with Gasteiger partial charge in [-0.25, -0.2) is 9.97 Å². The molecule has 2 aromatic rings. The highest BCUT2D eigenvalue weighted by molar-refractivity contribution is 7.16. The van der Waals surface area contributed by atoms with E-state index in [-0.39, 0.29) is 0 Å².